The molecule has 5 aromatic carbocycles. The van der Waals surface area contributed by atoms with Crippen LogP contribution in [0, 0.1) is 0 Å². The van der Waals surface area contributed by atoms with Gasteiger partial charge in [-0.1, -0.05) is 106 Å². The fraction of sp³-hybridized carbons (Fsp3) is 0.0909. The van der Waals surface area contributed by atoms with Crippen molar-refractivity contribution in [3.8, 4) is 33.9 Å². The molecular weight excluding hydrogens is 585 g/mol. The molecule has 4 aromatic heterocycles. The van der Waals surface area contributed by atoms with Crippen molar-refractivity contribution in [3.05, 3.63) is 157 Å². The molecule has 4 heterocycles. The van der Waals surface area contributed by atoms with Gasteiger partial charge in [-0.3, -0.25) is 9.55 Å². The Morgan fingerprint density at radius 3 is 1.85 bits per heavy atom. The lowest BCUT2D eigenvalue weighted by atomic mass is 9.88. The Labute approximate surface area is 279 Å². The van der Waals surface area contributed by atoms with Crippen LogP contribution in [0.4, 0.5) is 0 Å². The molecule has 48 heavy (non-hydrogen) atoms. The van der Waals surface area contributed by atoms with E-state index in [0.717, 1.165) is 39.3 Å². The molecule has 9 rings (SSSR count). The average Bonchev–Trinajstić information content (AvgIpc) is 3.63. The molecule has 0 aliphatic carbocycles. The molecule has 0 spiro atoms. The van der Waals surface area contributed by atoms with E-state index >= 15 is 0 Å². The lowest BCUT2D eigenvalue weighted by Gasteiger charge is -2.20. The van der Waals surface area contributed by atoms with Crippen LogP contribution < -0.4 is 0 Å². The van der Waals surface area contributed by atoms with Gasteiger partial charge in [0.1, 0.15) is 5.82 Å². The molecule has 0 bridgehead atoms. The zero-order valence-electron chi connectivity index (χ0n) is 27.2. The van der Waals surface area contributed by atoms with Crippen LogP contribution in [-0.2, 0) is 5.41 Å². The van der Waals surface area contributed by atoms with Crippen LogP contribution in [0.1, 0.15) is 26.3 Å². The van der Waals surface area contributed by atoms with Crippen LogP contribution in [0.15, 0.2) is 152 Å². The van der Waals surface area contributed by atoms with Crippen LogP contribution in [-0.4, -0.2) is 19.1 Å². The van der Waals surface area contributed by atoms with Crippen molar-refractivity contribution in [2.45, 2.75) is 26.2 Å². The predicted octanol–water partition coefficient (Wildman–Crippen LogP) is 11.3. The molecule has 0 saturated carbocycles. The lowest BCUT2D eigenvalue weighted by molar-refractivity contribution is 0.588. The van der Waals surface area contributed by atoms with Gasteiger partial charge in [0.2, 0.25) is 0 Å². The minimum Gasteiger partial charge on any atom is -0.309 e. The summed E-state index contributed by atoms with van der Waals surface area (Å²) in [5, 5.41) is 4.86. The van der Waals surface area contributed by atoms with Crippen LogP contribution in [0.3, 0.4) is 0 Å². The first-order chi connectivity index (χ1) is 23.4. The van der Waals surface area contributed by atoms with E-state index in [0.29, 0.717) is 0 Å². The molecule has 4 nitrogen and oxygen atoms in total. The normalized spacial score (nSPS) is 12.1. The summed E-state index contributed by atoms with van der Waals surface area (Å²) in [6.45, 7) is 6.77. The van der Waals surface area contributed by atoms with Crippen LogP contribution in [0.25, 0.3) is 77.5 Å². The van der Waals surface area contributed by atoms with Gasteiger partial charge in [0.25, 0.3) is 0 Å². The highest BCUT2D eigenvalue weighted by Gasteiger charge is 2.20. The monoisotopic (exact) mass is 618 g/mol. The summed E-state index contributed by atoms with van der Waals surface area (Å²) in [7, 11) is 0. The van der Waals surface area contributed by atoms with Gasteiger partial charge < -0.3 is 4.57 Å². The molecule has 0 radical (unpaired) electrons. The highest BCUT2D eigenvalue weighted by atomic mass is 15.1. The average molecular weight is 619 g/mol. The molecule has 0 aliphatic rings. The van der Waals surface area contributed by atoms with Crippen molar-refractivity contribution in [1.82, 2.24) is 19.1 Å². The number of pyridine rings is 2. The van der Waals surface area contributed by atoms with Gasteiger partial charge in [-0.25, -0.2) is 4.98 Å². The van der Waals surface area contributed by atoms with Crippen molar-refractivity contribution in [2.24, 2.45) is 0 Å². The van der Waals surface area contributed by atoms with Crippen molar-refractivity contribution in [2.75, 3.05) is 0 Å². The van der Waals surface area contributed by atoms with E-state index in [9.17, 15) is 0 Å². The van der Waals surface area contributed by atoms with Gasteiger partial charge in [-0.2, -0.15) is 0 Å². The van der Waals surface area contributed by atoms with Gasteiger partial charge in [0, 0.05) is 45.2 Å². The molecule has 0 unspecified atom stereocenters. The fourth-order valence-corrected chi connectivity index (χ4v) is 7.15. The van der Waals surface area contributed by atoms with Gasteiger partial charge in [-0.05, 0) is 76.7 Å². The van der Waals surface area contributed by atoms with E-state index in [2.05, 4.69) is 162 Å². The third kappa shape index (κ3) is 4.52. The summed E-state index contributed by atoms with van der Waals surface area (Å²) in [4.78, 5) is 9.64. The Kier molecular flexibility index (Phi) is 6.34. The molecular formula is C44H34N4. The second-order valence-electron chi connectivity index (χ2n) is 13.6. The van der Waals surface area contributed by atoms with Crippen LogP contribution in [0.2, 0.25) is 0 Å². The number of hydrogen-bond acceptors (Lipinski definition) is 2. The van der Waals surface area contributed by atoms with E-state index in [1.54, 1.807) is 0 Å². The Morgan fingerprint density at radius 1 is 0.438 bits per heavy atom. The number of hydrogen-bond donors (Lipinski definition) is 0. The Balaban J connectivity index is 1.35. The molecule has 4 heteroatoms. The maximum atomic E-state index is 4.98. The minimum absolute atomic E-state index is 0.00883. The molecule has 0 N–H and O–H groups in total. The van der Waals surface area contributed by atoms with E-state index in [1.165, 1.54) is 43.8 Å². The van der Waals surface area contributed by atoms with Crippen LogP contribution >= 0.6 is 0 Å². The third-order valence-electron chi connectivity index (χ3n) is 9.59. The third-order valence-corrected chi connectivity index (χ3v) is 9.59. The Hall–Kier alpha value is -6.00. The summed E-state index contributed by atoms with van der Waals surface area (Å²) < 4.78 is 4.75. The molecule has 0 saturated heterocycles. The van der Waals surface area contributed by atoms with Crippen molar-refractivity contribution in [3.63, 3.8) is 0 Å². The minimum atomic E-state index is -0.00883. The first kappa shape index (κ1) is 28.2. The second kappa shape index (κ2) is 10.8. The smallest absolute Gasteiger partial charge is 0.137 e. The molecule has 9 aromatic rings. The first-order valence-corrected chi connectivity index (χ1v) is 16.5. The van der Waals surface area contributed by atoms with Crippen molar-refractivity contribution >= 4 is 43.6 Å². The zero-order valence-corrected chi connectivity index (χ0v) is 27.2. The summed E-state index contributed by atoms with van der Waals surface area (Å²) >= 11 is 0. The Bertz CT molecular complexity index is 2640. The topological polar surface area (TPSA) is 35.6 Å². The van der Waals surface area contributed by atoms with E-state index < -0.39 is 0 Å². The number of rotatable bonds is 4. The van der Waals surface area contributed by atoms with Gasteiger partial charge >= 0.3 is 0 Å². The summed E-state index contributed by atoms with van der Waals surface area (Å²) in [6.07, 6.45) is 3.80. The van der Waals surface area contributed by atoms with Gasteiger partial charge in [0.15, 0.2) is 0 Å². The number of para-hydroxylation sites is 1. The second-order valence-corrected chi connectivity index (χ2v) is 13.6. The lowest BCUT2D eigenvalue weighted by Crippen LogP contribution is -2.12. The highest BCUT2D eigenvalue weighted by Crippen LogP contribution is 2.39. The summed E-state index contributed by atoms with van der Waals surface area (Å²) in [5.41, 5.74) is 11.4. The largest absolute Gasteiger partial charge is 0.309 e. The SMILES string of the molecule is CC(C)(C)c1ccnc(-n2c3cc(-c4ccccc4)ccc3c3ccc(-n4c5ccccc5c5ccc(-c6ccccn6)cc54)cc32)c1. The Morgan fingerprint density at radius 2 is 1.08 bits per heavy atom. The van der Waals surface area contributed by atoms with Crippen LogP contribution in [0.5, 0.6) is 0 Å². The number of nitrogens with zero attached hydrogens (tertiary/aromatic N) is 4. The number of benzene rings is 5. The van der Waals surface area contributed by atoms with E-state index in [1.807, 2.05) is 24.5 Å². The summed E-state index contributed by atoms with van der Waals surface area (Å²) in [5.74, 6) is 0.921. The number of aromatic nitrogens is 4. The van der Waals surface area contributed by atoms with Gasteiger partial charge in [-0.15, -0.1) is 0 Å². The predicted molar refractivity (Wildman–Crippen MR) is 200 cm³/mol. The molecule has 0 aliphatic heterocycles. The molecule has 230 valence electrons. The molecule has 0 fully saturated rings. The maximum Gasteiger partial charge on any atom is 0.137 e. The maximum absolute atomic E-state index is 4.98. The summed E-state index contributed by atoms with van der Waals surface area (Å²) in [6, 6.07) is 50.1. The first-order valence-electron chi connectivity index (χ1n) is 16.5. The number of fused-ring (bicyclic) bond motifs is 6. The van der Waals surface area contributed by atoms with Crippen molar-refractivity contribution < 1.29 is 0 Å². The fourth-order valence-electron chi connectivity index (χ4n) is 7.15. The quantitative estimate of drug-likeness (QED) is 0.197. The van der Waals surface area contributed by atoms with Crippen molar-refractivity contribution in [1.29, 1.82) is 0 Å². The molecule has 0 amide bonds. The standard InChI is InChI=1S/C44H34N4/c1-44(2,3)32-22-24-46-43(27-32)48-41-25-30(29-11-5-4-6-12-29)16-19-36(41)37-21-18-33(28-42(37)48)47-39-15-8-7-13-34(39)35-20-17-31(26-40(35)47)38-14-9-10-23-45-38/h4-28H,1-3H3. The van der Waals surface area contributed by atoms with E-state index in [-0.39, 0.29) is 5.41 Å². The zero-order chi connectivity index (χ0) is 32.4. The van der Waals surface area contributed by atoms with Gasteiger partial charge in [0.05, 0.1) is 27.8 Å². The molecule has 0 atom stereocenters. The van der Waals surface area contributed by atoms with E-state index in [4.69, 9.17) is 4.98 Å². The highest BCUT2D eigenvalue weighted by molar-refractivity contribution is 6.12.